The van der Waals surface area contributed by atoms with Crippen LogP contribution in [0.5, 0.6) is 5.75 Å². The maximum absolute atomic E-state index is 13.2. The van der Waals surface area contributed by atoms with E-state index in [0.717, 1.165) is 0 Å². The van der Waals surface area contributed by atoms with Gasteiger partial charge in [-0.15, -0.1) is 0 Å². The fourth-order valence-corrected chi connectivity index (χ4v) is 1.49. The molecular weight excluding hydrogens is 265 g/mol. The summed E-state index contributed by atoms with van der Waals surface area (Å²) in [5, 5.41) is 7.49. The Balaban J connectivity index is 2.63. The molecule has 0 radical (unpaired) electrons. The minimum absolute atomic E-state index is 0.0753. The van der Waals surface area contributed by atoms with Crippen molar-refractivity contribution in [2.24, 2.45) is 0 Å². The molecular formula is C13H18FN3O3. The molecule has 6 nitrogen and oxygen atoms in total. The highest BCUT2D eigenvalue weighted by Crippen LogP contribution is 2.21. The number of methoxy groups -OCH3 is 1. The van der Waals surface area contributed by atoms with Gasteiger partial charge >= 0.3 is 6.03 Å². The van der Waals surface area contributed by atoms with Crippen LogP contribution in [0.2, 0.25) is 0 Å². The minimum Gasteiger partial charge on any atom is -0.494 e. The lowest BCUT2D eigenvalue weighted by molar-refractivity contribution is -0.120. The molecule has 3 N–H and O–H groups in total. The molecule has 110 valence electrons. The van der Waals surface area contributed by atoms with E-state index in [2.05, 4.69) is 16.0 Å². The number of halogens is 1. The number of carbonyl (C=O) groups excluding carboxylic acids is 2. The van der Waals surface area contributed by atoms with Gasteiger partial charge in [-0.25, -0.2) is 9.18 Å². The molecule has 0 bridgehead atoms. The van der Waals surface area contributed by atoms with Gasteiger partial charge in [-0.3, -0.25) is 10.1 Å². The molecule has 1 unspecified atom stereocenters. The highest BCUT2D eigenvalue weighted by Gasteiger charge is 2.15. The maximum atomic E-state index is 13.2. The van der Waals surface area contributed by atoms with E-state index >= 15 is 0 Å². The summed E-state index contributed by atoms with van der Waals surface area (Å²) in [5.41, 5.74) is 0.516. The van der Waals surface area contributed by atoms with Crippen LogP contribution in [0.25, 0.3) is 0 Å². The quantitative estimate of drug-likeness (QED) is 0.764. The van der Waals surface area contributed by atoms with E-state index < -0.39 is 23.8 Å². The van der Waals surface area contributed by atoms with Gasteiger partial charge in [-0.1, -0.05) is 0 Å². The molecule has 0 spiro atoms. The molecule has 0 aliphatic carbocycles. The van der Waals surface area contributed by atoms with Crippen molar-refractivity contribution in [1.82, 2.24) is 10.6 Å². The van der Waals surface area contributed by atoms with Crippen LogP contribution in [0.1, 0.15) is 13.8 Å². The van der Waals surface area contributed by atoms with Gasteiger partial charge < -0.3 is 15.4 Å². The molecule has 0 saturated carbocycles. The second kappa shape index (κ2) is 7.32. The van der Waals surface area contributed by atoms with Crippen molar-refractivity contribution in [3.8, 4) is 5.75 Å². The number of hydrogen-bond donors (Lipinski definition) is 3. The average Bonchev–Trinajstić information content (AvgIpc) is 2.41. The normalized spacial score (nSPS) is 11.4. The Labute approximate surface area is 116 Å². The second-order valence-electron chi connectivity index (χ2n) is 4.06. The molecule has 0 heterocycles. The molecule has 7 heteroatoms. The molecule has 1 atom stereocenters. The van der Waals surface area contributed by atoms with E-state index in [1.165, 1.54) is 25.3 Å². The molecule has 1 aromatic rings. The zero-order chi connectivity index (χ0) is 15.1. The highest BCUT2D eigenvalue weighted by atomic mass is 19.1. The van der Waals surface area contributed by atoms with Crippen LogP contribution in [0.3, 0.4) is 0 Å². The molecule has 3 amide bonds. The van der Waals surface area contributed by atoms with E-state index in [1.807, 2.05) is 0 Å². The highest BCUT2D eigenvalue weighted by molar-refractivity contribution is 5.97. The van der Waals surface area contributed by atoms with Gasteiger partial charge in [0, 0.05) is 18.3 Å². The molecule has 0 aliphatic heterocycles. The number of urea groups is 1. The van der Waals surface area contributed by atoms with Crippen LogP contribution in [-0.2, 0) is 4.79 Å². The maximum Gasteiger partial charge on any atom is 0.321 e. The van der Waals surface area contributed by atoms with Gasteiger partial charge in [0.2, 0.25) is 5.91 Å². The zero-order valence-electron chi connectivity index (χ0n) is 11.6. The van der Waals surface area contributed by atoms with E-state index in [9.17, 15) is 14.0 Å². The molecule has 1 aromatic carbocycles. The Morgan fingerprint density at radius 1 is 1.40 bits per heavy atom. The van der Waals surface area contributed by atoms with E-state index in [0.29, 0.717) is 12.2 Å². The van der Waals surface area contributed by atoms with Gasteiger partial charge in [0.15, 0.2) is 11.6 Å². The van der Waals surface area contributed by atoms with E-state index in [-0.39, 0.29) is 5.75 Å². The van der Waals surface area contributed by atoms with Crippen LogP contribution in [0.4, 0.5) is 14.9 Å². The number of benzene rings is 1. The third kappa shape index (κ3) is 4.42. The monoisotopic (exact) mass is 283 g/mol. The number of hydrogen-bond acceptors (Lipinski definition) is 4. The predicted molar refractivity (Wildman–Crippen MR) is 73.3 cm³/mol. The van der Waals surface area contributed by atoms with Crippen LogP contribution < -0.4 is 20.7 Å². The number of ether oxygens (including phenoxy) is 1. The Morgan fingerprint density at radius 3 is 2.70 bits per heavy atom. The standard InChI is InChI=1S/C13H18FN3O3/c1-4-15-13(19)17-12(18)8(2)16-9-5-6-10(14)11(7-9)20-3/h5-8,16H,4H2,1-3H3,(H2,15,17,18,19). The van der Waals surface area contributed by atoms with Crippen molar-refractivity contribution < 1.29 is 18.7 Å². The van der Waals surface area contributed by atoms with E-state index in [1.54, 1.807) is 13.8 Å². The van der Waals surface area contributed by atoms with Crippen LogP contribution >= 0.6 is 0 Å². The fraction of sp³-hybridized carbons (Fsp3) is 0.385. The first-order valence-corrected chi connectivity index (χ1v) is 6.16. The van der Waals surface area contributed by atoms with Gasteiger partial charge in [0.1, 0.15) is 6.04 Å². The Bertz CT molecular complexity index is 494. The summed E-state index contributed by atoms with van der Waals surface area (Å²) < 4.78 is 18.1. The Morgan fingerprint density at radius 2 is 2.10 bits per heavy atom. The van der Waals surface area contributed by atoms with Crippen LogP contribution in [-0.4, -0.2) is 31.6 Å². The Kier molecular flexibility index (Phi) is 5.76. The summed E-state index contributed by atoms with van der Waals surface area (Å²) in [5.74, 6) is -0.900. The lowest BCUT2D eigenvalue weighted by Gasteiger charge is -2.15. The molecule has 0 aromatic heterocycles. The number of nitrogens with one attached hydrogen (secondary N) is 3. The van der Waals surface area contributed by atoms with Crippen molar-refractivity contribution in [2.45, 2.75) is 19.9 Å². The summed E-state index contributed by atoms with van der Waals surface area (Å²) in [6.07, 6.45) is 0. The van der Waals surface area contributed by atoms with Crippen molar-refractivity contribution in [3.63, 3.8) is 0 Å². The van der Waals surface area contributed by atoms with Gasteiger partial charge in [0.05, 0.1) is 7.11 Å². The smallest absolute Gasteiger partial charge is 0.321 e. The predicted octanol–water partition coefficient (Wildman–Crippen LogP) is 1.48. The second-order valence-corrected chi connectivity index (χ2v) is 4.06. The summed E-state index contributed by atoms with van der Waals surface area (Å²) in [6.45, 7) is 3.76. The first-order chi connectivity index (χ1) is 9.47. The van der Waals surface area contributed by atoms with Crippen LogP contribution in [0.15, 0.2) is 18.2 Å². The number of rotatable bonds is 5. The van der Waals surface area contributed by atoms with Crippen LogP contribution in [0, 0.1) is 5.82 Å². The lowest BCUT2D eigenvalue weighted by atomic mass is 10.2. The minimum atomic E-state index is -0.659. The molecule has 0 saturated heterocycles. The summed E-state index contributed by atoms with van der Waals surface area (Å²) >= 11 is 0. The summed E-state index contributed by atoms with van der Waals surface area (Å²) in [6, 6.07) is 2.93. The zero-order valence-corrected chi connectivity index (χ0v) is 11.6. The van der Waals surface area contributed by atoms with E-state index in [4.69, 9.17) is 4.74 Å². The molecule has 20 heavy (non-hydrogen) atoms. The average molecular weight is 283 g/mol. The summed E-state index contributed by atoms with van der Waals surface area (Å²) in [7, 11) is 1.35. The first-order valence-electron chi connectivity index (χ1n) is 6.16. The van der Waals surface area contributed by atoms with Gasteiger partial charge in [-0.05, 0) is 26.0 Å². The third-order valence-electron chi connectivity index (χ3n) is 2.50. The largest absolute Gasteiger partial charge is 0.494 e. The molecule has 0 fully saturated rings. The van der Waals surface area contributed by atoms with Crippen molar-refractivity contribution in [3.05, 3.63) is 24.0 Å². The topological polar surface area (TPSA) is 79.5 Å². The number of imide groups is 1. The fourth-order valence-electron chi connectivity index (χ4n) is 1.49. The molecule has 0 aliphatic rings. The lowest BCUT2D eigenvalue weighted by Crippen LogP contribution is -2.45. The third-order valence-corrected chi connectivity index (χ3v) is 2.50. The number of anilines is 1. The van der Waals surface area contributed by atoms with Crippen molar-refractivity contribution in [2.75, 3.05) is 19.0 Å². The molecule has 1 rings (SSSR count). The van der Waals surface area contributed by atoms with Gasteiger partial charge in [0.25, 0.3) is 0 Å². The SMILES string of the molecule is CCNC(=O)NC(=O)C(C)Nc1ccc(F)c(OC)c1. The number of carbonyl (C=O) groups is 2. The van der Waals surface area contributed by atoms with Crippen molar-refractivity contribution in [1.29, 1.82) is 0 Å². The number of amides is 3. The summed E-state index contributed by atoms with van der Waals surface area (Å²) in [4.78, 5) is 22.9. The van der Waals surface area contributed by atoms with Crippen molar-refractivity contribution >= 4 is 17.6 Å². The first kappa shape index (κ1) is 15.7. The van der Waals surface area contributed by atoms with Gasteiger partial charge in [-0.2, -0.15) is 0 Å². The Hall–Kier alpha value is -2.31.